The fourth-order valence-electron chi connectivity index (χ4n) is 4.56. The van der Waals surface area contributed by atoms with E-state index in [9.17, 15) is 5.26 Å². The van der Waals surface area contributed by atoms with E-state index in [1.54, 1.807) is 0 Å². The third kappa shape index (κ3) is 3.91. The first kappa shape index (κ1) is 21.8. The third-order valence-corrected chi connectivity index (χ3v) is 6.37. The Kier molecular flexibility index (Phi) is 6.10. The van der Waals surface area contributed by atoms with Crippen LogP contribution in [-0.2, 0) is 0 Å². The molecule has 0 unspecified atom stereocenters. The summed E-state index contributed by atoms with van der Waals surface area (Å²) in [6.45, 7) is 4.02. The lowest BCUT2D eigenvalue weighted by Crippen LogP contribution is -2.50. The van der Waals surface area contributed by atoms with E-state index in [2.05, 4.69) is 51.6 Å². The lowest BCUT2D eigenvalue weighted by atomic mass is 9.89. The molecule has 10 heteroatoms. The minimum absolute atomic E-state index is 0.144. The Hall–Kier alpha value is -3.45. The zero-order chi connectivity index (χ0) is 22.8. The van der Waals surface area contributed by atoms with Gasteiger partial charge in [-0.3, -0.25) is 0 Å². The number of hydrogen-bond acceptors (Lipinski definition) is 9. The Morgan fingerprint density at radius 1 is 1.31 bits per heavy atom. The van der Waals surface area contributed by atoms with Crippen molar-refractivity contribution in [3.8, 4) is 6.07 Å². The Balaban J connectivity index is 1.73. The van der Waals surface area contributed by atoms with Crippen molar-refractivity contribution in [2.45, 2.75) is 57.7 Å². The van der Waals surface area contributed by atoms with Gasteiger partial charge in [0, 0.05) is 25.3 Å². The maximum atomic E-state index is 9.44. The average Bonchev–Trinajstić information content (AvgIpc) is 3.19. The molecular formula is C22H30N10. The number of anilines is 3. The number of likely N-dealkylation sites (N-methyl/N-ethyl adjacent to an activating group) is 2. The van der Waals surface area contributed by atoms with Crippen molar-refractivity contribution >= 4 is 23.0 Å². The number of rotatable bonds is 6. The maximum absolute atomic E-state index is 9.44. The van der Waals surface area contributed by atoms with E-state index in [0.717, 1.165) is 29.7 Å². The van der Waals surface area contributed by atoms with Crippen molar-refractivity contribution in [2.75, 3.05) is 30.0 Å². The Labute approximate surface area is 187 Å². The summed E-state index contributed by atoms with van der Waals surface area (Å²) in [4.78, 5) is 15.4. The Bertz CT molecular complexity index is 1150. The van der Waals surface area contributed by atoms with Crippen molar-refractivity contribution < 1.29 is 0 Å². The van der Waals surface area contributed by atoms with Crippen molar-refractivity contribution in [1.29, 1.82) is 5.26 Å². The summed E-state index contributed by atoms with van der Waals surface area (Å²) in [5, 5.41) is 20.9. The van der Waals surface area contributed by atoms with Crippen LogP contribution >= 0.6 is 0 Å². The zero-order valence-electron chi connectivity index (χ0n) is 19.0. The fourth-order valence-corrected chi connectivity index (χ4v) is 4.56. The van der Waals surface area contributed by atoms with Crippen LogP contribution in [0.15, 0.2) is 18.6 Å². The summed E-state index contributed by atoms with van der Waals surface area (Å²) in [6, 6.07) is 4.58. The van der Waals surface area contributed by atoms with Gasteiger partial charge >= 0.3 is 0 Å². The van der Waals surface area contributed by atoms with Gasteiger partial charge in [-0.2, -0.15) is 10.4 Å². The van der Waals surface area contributed by atoms with Crippen molar-refractivity contribution in [3.05, 3.63) is 35.5 Å². The van der Waals surface area contributed by atoms with E-state index in [-0.39, 0.29) is 17.4 Å². The molecule has 0 spiro atoms. The summed E-state index contributed by atoms with van der Waals surface area (Å²) in [6.07, 6.45) is 8.03. The molecule has 0 radical (unpaired) electrons. The summed E-state index contributed by atoms with van der Waals surface area (Å²) in [5.74, 6) is 2.02. The first-order valence-electron chi connectivity index (χ1n) is 11.0. The van der Waals surface area contributed by atoms with Gasteiger partial charge in [-0.1, -0.05) is 12.8 Å². The number of nitriles is 1. The Morgan fingerprint density at radius 3 is 2.84 bits per heavy atom. The molecule has 4 rings (SSSR count). The van der Waals surface area contributed by atoms with E-state index in [1.165, 1.54) is 19.2 Å². The molecule has 0 saturated heterocycles. The molecule has 0 amide bonds. The van der Waals surface area contributed by atoms with Gasteiger partial charge in [-0.15, -0.1) is 0 Å². The van der Waals surface area contributed by atoms with Gasteiger partial charge < -0.3 is 21.3 Å². The topological polar surface area (TPSA) is 133 Å². The van der Waals surface area contributed by atoms with E-state index < -0.39 is 0 Å². The standard InChI is InChI=1S/C22H30N10/c1-13-9-10-32-18(13)22(31(4)17-8-6-5-7-16(17)25-3)29-20(30-32)14(2)28-21-15(11-23)19(24)26-12-27-21/h9-10,12,14,16-17,25H,5-8H2,1-4H3,(H3,24,26,27,28)/t14-,16-,17-/m0/s1. The highest BCUT2D eigenvalue weighted by molar-refractivity contribution is 5.73. The van der Waals surface area contributed by atoms with E-state index in [0.29, 0.717) is 23.7 Å². The second kappa shape index (κ2) is 8.96. The van der Waals surface area contributed by atoms with Gasteiger partial charge in [0.15, 0.2) is 11.6 Å². The third-order valence-electron chi connectivity index (χ3n) is 6.37. The molecule has 3 atom stereocenters. The van der Waals surface area contributed by atoms with Crippen LogP contribution in [0.25, 0.3) is 5.52 Å². The zero-order valence-corrected chi connectivity index (χ0v) is 19.0. The molecule has 4 N–H and O–H groups in total. The monoisotopic (exact) mass is 434 g/mol. The second-order valence-corrected chi connectivity index (χ2v) is 8.40. The van der Waals surface area contributed by atoms with Crippen LogP contribution in [0.4, 0.5) is 17.5 Å². The molecule has 3 aromatic rings. The highest BCUT2D eigenvalue weighted by Crippen LogP contribution is 2.31. The van der Waals surface area contributed by atoms with Crippen LogP contribution in [0.1, 0.15) is 55.6 Å². The predicted molar refractivity (Wildman–Crippen MR) is 124 cm³/mol. The average molecular weight is 435 g/mol. The largest absolute Gasteiger partial charge is 0.382 e. The van der Waals surface area contributed by atoms with Crippen molar-refractivity contribution in [2.24, 2.45) is 0 Å². The predicted octanol–water partition coefficient (Wildman–Crippen LogP) is 2.42. The smallest absolute Gasteiger partial charge is 0.173 e. The second-order valence-electron chi connectivity index (χ2n) is 8.40. The number of aromatic nitrogens is 5. The summed E-state index contributed by atoms with van der Waals surface area (Å²) >= 11 is 0. The lowest BCUT2D eigenvalue weighted by molar-refractivity contribution is 0.334. The quantitative estimate of drug-likeness (QED) is 0.535. The van der Waals surface area contributed by atoms with Crippen LogP contribution in [0.2, 0.25) is 0 Å². The van der Waals surface area contributed by atoms with E-state index in [4.69, 9.17) is 15.8 Å². The summed E-state index contributed by atoms with van der Waals surface area (Å²) in [7, 11) is 4.16. The highest BCUT2D eigenvalue weighted by atomic mass is 15.3. The molecular weight excluding hydrogens is 404 g/mol. The number of aryl methyl sites for hydroxylation is 1. The van der Waals surface area contributed by atoms with Crippen LogP contribution in [0, 0.1) is 18.3 Å². The van der Waals surface area contributed by atoms with Crippen molar-refractivity contribution in [3.63, 3.8) is 0 Å². The number of nitrogens with zero attached hydrogens (tertiary/aromatic N) is 7. The molecule has 32 heavy (non-hydrogen) atoms. The molecule has 1 aliphatic carbocycles. The molecule has 1 aliphatic rings. The number of nitrogens with two attached hydrogens (primary N) is 1. The first-order chi connectivity index (χ1) is 15.4. The normalized spacial score (nSPS) is 19.5. The summed E-state index contributed by atoms with van der Waals surface area (Å²) < 4.78 is 1.89. The molecule has 10 nitrogen and oxygen atoms in total. The summed E-state index contributed by atoms with van der Waals surface area (Å²) in [5.41, 5.74) is 8.19. The molecule has 1 fully saturated rings. The van der Waals surface area contributed by atoms with Gasteiger partial charge in [-0.05, 0) is 45.4 Å². The molecule has 0 aliphatic heterocycles. The first-order valence-corrected chi connectivity index (χ1v) is 11.0. The van der Waals surface area contributed by atoms with E-state index in [1.807, 2.05) is 24.7 Å². The van der Waals surface area contributed by atoms with Gasteiger partial charge in [0.05, 0.1) is 6.04 Å². The molecule has 1 saturated carbocycles. The highest BCUT2D eigenvalue weighted by Gasteiger charge is 2.30. The fraction of sp³-hybridized carbons (Fsp3) is 0.500. The van der Waals surface area contributed by atoms with Gasteiger partial charge in [0.1, 0.15) is 35.1 Å². The maximum Gasteiger partial charge on any atom is 0.173 e. The number of nitrogens with one attached hydrogen (secondary N) is 2. The number of hydrogen-bond donors (Lipinski definition) is 3. The van der Waals surface area contributed by atoms with Gasteiger partial charge in [0.2, 0.25) is 0 Å². The Morgan fingerprint density at radius 2 is 2.09 bits per heavy atom. The lowest BCUT2D eigenvalue weighted by Gasteiger charge is -2.39. The minimum Gasteiger partial charge on any atom is -0.382 e. The van der Waals surface area contributed by atoms with Crippen LogP contribution in [0.3, 0.4) is 0 Å². The SMILES string of the molecule is CN[C@H]1CCCC[C@@H]1N(C)c1nc([C@H](C)Nc2ncnc(N)c2C#N)nn2ccc(C)c12. The van der Waals surface area contributed by atoms with Crippen LogP contribution < -0.4 is 21.3 Å². The van der Waals surface area contributed by atoms with Gasteiger partial charge in [0.25, 0.3) is 0 Å². The van der Waals surface area contributed by atoms with Crippen LogP contribution in [-0.4, -0.2) is 50.7 Å². The molecule has 0 aromatic carbocycles. The number of nitrogen functional groups attached to an aromatic ring is 1. The molecule has 168 valence electrons. The van der Waals surface area contributed by atoms with Crippen LogP contribution in [0.5, 0.6) is 0 Å². The molecule has 3 aromatic heterocycles. The van der Waals surface area contributed by atoms with Crippen molar-refractivity contribution in [1.82, 2.24) is 29.9 Å². The molecule has 3 heterocycles. The van der Waals surface area contributed by atoms with E-state index >= 15 is 0 Å². The number of fused-ring (bicyclic) bond motifs is 1. The minimum atomic E-state index is -0.304. The van der Waals surface area contributed by atoms with Gasteiger partial charge in [-0.25, -0.2) is 19.5 Å². The molecule has 0 bridgehead atoms.